The standard InChI is InChI=1S/C19H27N3O2/c20-18(14-4-2-1-3-5-14)19(24)22-16-8-6-13(7-9-16)12-17(23)21-15-10-11-15/h6-9,14-15,18H,1-5,10-12,20H2,(H,21,23)(H,22,24)/t18-/m0/s1. The lowest BCUT2D eigenvalue weighted by atomic mass is 9.84. The molecule has 2 aliphatic carbocycles. The molecule has 3 rings (SSSR count). The van der Waals surface area contributed by atoms with E-state index in [9.17, 15) is 9.59 Å². The molecule has 2 amide bonds. The van der Waals surface area contributed by atoms with Crippen LogP contribution in [0.3, 0.4) is 0 Å². The molecule has 0 saturated heterocycles. The molecule has 1 aromatic carbocycles. The Morgan fingerprint density at radius 2 is 1.71 bits per heavy atom. The fraction of sp³-hybridized carbons (Fsp3) is 0.579. The summed E-state index contributed by atoms with van der Waals surface area (Å²) in [6.07, 6.45) is 8.25. The first-order chi connectivity index (χ1) is 11.6. The quantitative estimate of drug-likeness (QED) is 0.749. The second-order valence-electron chi connectivity index (χ2n) is 7.13. The third kappa shape index (κ3) is 4.81. The molecule has 4 N–H and O–H groups in total. The zero-order valence-electron chi connectivity index (χ0n) is 14.1. The SMILES string of the molecule is N[C@H](C(=O)Nc1ccc(CC(=O)NC2CC2)cc1)C1CCCCC1. The van der Waals surface area contributed by atoms with E-state index in [4.69, 9.17) is 5.73 Å². The van der Waals surface area contributed by atoms with Crippen LogP contribution in [0.25, 0.3) is 0 Å². The van der Waals surface area contributed by atoms with Gasteiger partial charge in [0.25, 0.3) is 0 Å². The van der Waals surface area contributed by atoms with E-state index in [0.717, 1.165) is 36.9 Å². The largest absolute Gasteiger partial charge is 0.353 e. The summed E-state index contributed by atoms with van der Waals surface area (Å²) in [7, 11) is 0. The molecule has 0 heterocycles. The predicted molar refractivity (Wildman–Crippen MR) is 94.5 cm³/mol. The molecule has 2 aliphatic rings. The maximum atomic E-state index is 12.3. The number of anilines is 1. The van der Waals surface area contributed by atoms with Gasteiger partial charge in [0.1, 0.15) is 0 Å². The Morgan fingerprint density at radius 3 is 2.33 bits per heavy atom. The van der Waals surface area contributed by atoms with Gasteiger partial charge in [0.15, 0.2) is 0 Å². The van der Waals surface area contributed by atoms with E-state index in [-0.39, 0.29) is 11.8 Å². The number of amides is 2. The van der Waals surface area contributed by atoms with Gasteiger partial charge < -0.3 is 16.4 Å². The van der Waals surface area contributed by atoms with Crippen LogP contribution in [0.4, 0.5) is 5.69 Å². The van der Waals surface area contributed by atoms with Crippen molar-refractivity contribution in [2.75, 3.05) is 5.32 Å². The summed E-state index contributed by atoms with van der Waals surface area (Å²) in [4.78, 5) is 24.1. The number of rotatable bonds is 6. The van der Waals surface area contributed by atoms with Gasteiger partial charge in [-0.1, -0.05) is 31.4 Å². The van der Waals surface area contributed by atoms with Gasteiger partial charge in [-0.25, -0.2) is 0 Å². The summed E-state index contributed by atoms with van der Waals surface area (Å²) in [6, 6.07) is 7.39. The molecule has 2 saturated carbocycles. The maximum Gasteiger partial charge on any atom is 0.241 e. The van der Waals surface area contributed by atoms with Gasteiger partial charge in [0.2, 0.25) is 11.8 Å². The minimum Gasteiger partial charge on any atom is -0.353 e. The van der Waals surface area contributed by atoms with E-state index in [0.29, 0.717) is 18.4 Å². The molecule has 0 aliphatic heterocycles. The highest BCUT2D eigenvalue weighted by atomic mass is 16.2. The Labute approximate surface area is 143 Å². The fourth-order valence-electron chi connectivity index (χ4n) is 3.33. The van der Waals surface area contributed by atoms with Crippen LogP contribution in [0.15, 0.2) is 24.3 Å². The Kier molecular flexibility index (Phi) is 5.51. The van der Waals surface area contributed by atoms with Crippen LogP contribution < -0.4 is 16.4 Å². The Hall–Kier alpha value is -1.88. The average molecular weight is 329 g/mol. The summed E-state index contributed by atoms with van der Waals surface area (Å²) in [5.74, 6) is 0.249. The lowest BCUT2D eigenvalue weighted by Gasteiger charge is -2.26. The number of hydrogen-bond donors (Lipinski definition) is 3. The summed E-state index contributed by atoms with van der Waals surface area (Å²) in [6.45, 7) is 0. The van der Waals surface area contributed by atoms with Gasteiger partial charge in [0.05, 0.1) is 12.5 Å². The van der Waals surface area contributed by atoms with Gasteiger partial charge in [-0.05, 0) is 49.3 Å². The zero-order chi connectivity index (χ0) is 16.9. The molecule has 0 radical (unpaired) electrons. The average Bonchev–Trinajstić information content (AvgIpc) is 3.40. The highest BCUT2D eigenvalue weighted by Gasteiger charge is 2.26. The number of benzene rings is 1. The zero-order valence-corrected chi connectivity index (χ0v) is 14.1. The number of carbonyl (C=O) groups is 2. The topological polar surface area (TPSA) is 84.2 Å². The van der Waals surface area contributed by atoms with E-state index in [2.05, 4.69) is 10.6 Å². The second-order valence-corrected chi connectivity index (χ2v) is 7.13. The van der Waals surface area contributed by atoms with Crippen LogP contribution in [-0.2, 0) is 16.0 Å². The molecular formula is C19H27N3O2. The van der Waals surface area contributed by atoms with Crippen molar-refractivity contribution in [3.63, 3.8) is 0 Å². The molecule has 0 unspecified atom stereocenters. The minimum absolute atomic E-state index is 0.0635. The molecule has 5 nitrogen and oxygen atoms in total. The molecule has 1 atom stereocenters. The summed E-state index contributed by atoms with van der Waals surface area (Å²) in [5.41, 5.74) is 7.80. The van der Waals surface area contributed by atoms with Crippen molar-refractivity contribution < 1.29 is 9.59 Å². The van der Waals surface area contributed by atoms with Crippen molar-refractivity contribution in [1.82, 2.24) is 5.32 Å². The molecule has 130 valence electrons. The highest BCUT2D eigenvalue weighted by Crippen LogP contribution is 2.26. The summed E-state index contributed by atoms with van der Waals surface area (Å²) >= 11 is 0. The number of carbonyl (C=O) groups excluding carboxylic acids is 2. The van der Waals surface area contributed by atoms with Crippen molar-refractivity contribution >= 4 is 17.5 Å². The maximum absolute atomic E-state index is 12.3. The first-order valence-corrected chi connectivity index (χ1v) is 9.06. The first kappa shape index (κ1) is 17.0. The van der Waals surface area contributed by atoms with E-state index in [1.165, 1.54) is 19.3 Å². The van der Waals surface area contributed by atoms with Crippen molar-refractivity contribution in [3.05, 3.63) is 29.8 Å². The monoisotopic (exact) mass is 329 g/mol. The lowest BCUT2D eigenvalue weighted by Crippen LogP contribution is -2.42. The molecule has 1 aromatic rings. The first-order valence-electron chi connectivity index (χ1n) is 9.06. The number of nitrogens with one attached hydrogen (secondary N) is 2. The number of hydrogen-bond acceptors (Lipinski definition) is 3. The van der Waals surface area contributed by atoms with Crippen LogP contribution in [0.2, 0.25) is 0 Å². The van der Waals surface area contributed by atoms with Crippen LogP contribution >= 0.6 is 0 Å². The molecule has 0 bridgehead atoms. The predicted octanol–water partition coefficient (Wildman–Crippen LogP) is 2.35. The highest BCUT2D eigenvalue weighted by molar-refractivity contribution is 5.95. The molecule has 0 spiro atoms. The van der Waals surface area contributed by atoms with Crippen LogP contribution in [-0.4, -0.2) is 23.9 Å². The Morgan fingerprint density at radius 1 is 1.04 bits per heavy atom. The third-order valence-electron chi connectivity index (χ3n) is 4.99. The van der Waals surface area contributed by atoms with Crippen molar-refractivity contribution in [3.8, 4) is 0 Å². The molecule has 0 aromatic heterocycles. The van der Waals surface area contributed by atoms with Crippen molar-refractivity contribution in [2.24, 2.45) is 11.7 Å². The number of nitrogens with two attached hydrogens (primary N) is 1. The minimum atomic E-state index is -0.436. The van der Waals surface area contributed by atoms with Gasteiger partial charge in [-0.3, -0.25) is 9.59 Å². The van der Waals surface area contributed by atoms with Gasteiger partial charge in [-0.15, -0.1) is 0 Å². The van der Waals surface area contributed by atoms with Crippen LogP contribution in [0.5, 0.6) is 0 Å². The lowest BCUT2D eigenvalue weighted by molar-refractivity contribution is -0.120. The summed E-state index contributed by atoms with van der Waals surface area (Å²) < 4.78 is 0. The van der Waals surface area contributed by atoms with Crippen LogP contribution in [0, 0.1) is 5.92 Å². The molecule has 2 fully saturated rings. The summed E-state index contributed by atoms with van der Waals surface area (Å²) in [5, 5.41) is 5.87. The van der Waals surface area contributed by atoms with Gasteiger partial charge in [0, 0.05) is 11.7 Å². The molecule has 24 heavy (non-hydrogen) atoms. The van der Waals surface area contributed by atoms with Crippen molar-refractivity contribution in [2.45, 2.75) is 63.5 Å². The van der Waals surface area contributed by atoms with E-state index < -0.39 is 6.04 Å². The van der Waals surface area contributed by atoms with E-state index in [1.807, 2.05) is 24.3 Å². The third-order valence-corrected chi connectivity index (χ3v) is 4.99. The van der Waals surface area contributed by atoms with Crippen LogP contribution in [0.1, 0.15) is 50.5 Å². The van der Waals surface area contributed by atoms with Crippen molar-refractivity contribution in [1.29, 1.82) is 0 Å². The molecular weight excluding hydrogens is 302 g/mol. The molecule has 5 heteroatoms. The van der Waals surface area contributed by atoms with Gasteiger partial charge >= 0.3 is 0 Å². The van der Waals surface area contributed by atoms with E-state index in [1.54, 1.807) is 0 Å². The Balaban J connectivity index is 1.49. The van der Waals surface area contributed by atoms with E-state index >= 15 is 0 Å². The Bertz CT molecular complexity index is 575. The normalized spacial score (nSPS) is 19.5. The fourth-order valence-corrected chi connectivity index (χ4v) is 3.33. The van der Waals surface area contributed by atoms with Gasteiger partial charge in [-0.2, -0.15) is 0 Å². The second kappa shape index (κ2) is 7.79. The smallest absolute Gasteiger partial charge is 0.241 e.